The number of hydrogen-bond acceptors (Lipinski definition) is 4. The van der Waals surface area contributed by atoms with E-state index in [0.29, 0.717) is 5.82 Å². The van der Waals surface area contributed by atoms with Crippen LogP contribution < -0.4 is 0 Å². The SMILES string of the molecule is C=CC(C)N=C(/C=C\C/C=C\C)CCc1cccc(CCc2cccc(-c3nn[nH]n3)c2)c1. The average Bonchev–Trinajstić information content (AvgIpc) is 3.39. The Morgan fingerprint density at radius 2 is 1.76 bits per heavy atom. The molecule has 1 N–H and O–H groups in total. The third-order valence-corrected chi connectivity index (χ3v) is 5.42. The van der Waals surface area contributed by atoms with Crippen LogP contribution in [-0.4, -0.2) is 32.4 Å². The molecule has 1 unspecified atom stereocenters. The minimum atomic E-state index is 0.126. The number of aromatic nitrogens is 4. The van der Waals surface area contributed by atoms with E-state index in [9.17, 15) is 0 Å². The lowest BCUT2D eigenvalue weighted by atomic mass is 9.99. The first-order valence-corrected chi connectivity index (χ1v) is 11.6. The number of benzene rings is 2. The quantitative estimate of drug-likeness (QED) is 0.273. The molecule has 0 bridgehead atoms. The highest BCUT2D eigenvalue weighted by atomic mass is 15.5. The van der Waals surface area contributed by atoms with Gasteiger partial charge in [-0.15, -0.1) is 16.8 Å². The Bertz CT molecular complexity index is 1090. The van der Waals surface area contributed by atoms with E-state index in [1.165, 1.54) is 16.7 Å². The van der Waals surface area contributed by atoms with Crippen molar-refractivity contribution in [2.45, 2.75) is 52.0 Å². The second-order valence-corrected chi connectivity index (χ2v) is 8.06. The molecule has 3 aromatic rings. The second-order valence-electron chi connectivity index (χ2n) is 8.06. The monoisotopic (exact) mass is 439 g/mol. The fraction of sp³-hybridized carbons (Fsp3) is 0.286. The summed E-state index contributed by atoms with van der Waals surface area (Å²) in [6, 6.07) is 17.4. The van der Waals surface area contributed by atoms with Gasteiger partial charge in [0.05, 0.1) is 6.04 Å². The van der Waals surface area contributed by atoms with E-state index >= 15 is 0 Å². The molecular formula is C28H33N5. The molecule has 3 rings (SSSR count). The van der Waals surface area contributed by atoms with Gasteiger partial charge in [0.15, 0.2) is 0 Å². The predicted molar refractivity (Wildman–Crippen MR) is 137 cm³/mol. The summed E-state index contributed by atoms with van der Waals surface area (Å²) in [4.78, 5) is 4.81. The Morgan fingerprint density at radius 3 is 2.45 bits per heavy atom. The van der Waals surface area contributed by atoms with Gasteiger partial charge in [0.2, 0.25) is 5.82 Å². The first-order chi connectivity index (χ1) is 16.2. The van der Waals surface area contributed by atoms with Crippen molar-refractivity contribution in [2.24, 2.45) is 4.99 Å². The van der Waals surface area contributed by atoms with Gasteiger partial charge in [-0.25, -0.2) is 0 Å². The highest BCUT2D eigenvalue weighted by molar-refractivity contribution is 5.95. The average molecular weight is 440 g/mol. The lowest BCUT2D eigenvalue weighted by Gasteiger charge is -2.08. The molecule has 5 heteroatoms. The molecule has 0 fully saturated rings. The van der Waals surface area contributed by atoms with Gasteiger partial charge < -0.3 is 0 Å². The molecule has 2 aromatic carbocycles. The van der Waals surface area contributed by atoms with Crippen molar-refractivity contribution in [1.82, 2.24) is 20.6 Å². The van der Waals surface area contributed by atoms with Crippen LogP contribution in [0, 0.1) is 0 Å². The largest absolute Gasteiger partial charge is 0.283 e. The molecule has 1 atom stereocenters. The molecule has 170 valence electrons. The predicted octanol–water partition coefficient (Wildman–Crippen LogP) is 6.12. The van der Waals surface area contributed by atoms with Crippen LogP contribution >= 0.6 is 0 Å². The van der Waals surface area contributed by atoms with Crippen LogP contribution in [0.5, 0.6) is 0 Å². The summed E-state index contributed by atoms with van der Waals surface area (Å²) in [5.74, 6) is 0.627. The molecule has 0 aliphatic heterocycles. The number of aliphatic imine (C=N–C) groups is 1. The summed E-state index contributed by atoms with van der Waals surface area (Å²) in [6.45, 7) is 7.98. The van der Waals surface area contributed by atoms with E-state index in [0.717, 1.165) is 43.4 Å². The third kappa shape index (κ3) is 8.11. The number of nitrogens with one attached hydrogen (secondary N) is 1. The molecule has 0 saturated carbocycles. The molecule has 0 radical (unpaired) electrons. The van der Waals surface area contributed by atoms with Crippen molar-refractivity contribution in [1.29, 1.82) is 0 Å². The van der Waals surface area contributed by atoms with Crippen molar-refractivity contribution < 1.29 is 0 Å². The minimum Gasteiger partial charge on any atom is -0.283 e. The number of aryl methyl sites for hydroxylation is 3. The fourth-order valence-corrected chi connectivity index (χ4v) is 3.58. The Balaban J connectivity index is 1.60. The maximum atomic E-state index is 4.81. The van der Waals surface area contributed by atoms with Crippen LogP contribution in [0.15, 0.2) is 90.5 Å². The molecule has 0 amide bonds. The van der Waals surface area contributed by atoms with E-state index in [1.54, 1.807) is 0 Å². The number of aromatic amines is 1. The molecule has 5 nitrogen and oxygen atoms in total. The molecule has 0 aliphatic carbocycles. The first-order valence-electron chi connectivity index (χ1n) is 11.6. The van der Waals surface area contributed by atoms with Crippen LogP contribution in [0.1, 0.15) is 43.4 Å². The Kier molecular flexibility index (Phi) is 9.52. The summed E-state index contributed by atoms with van der Waals surface area (Å²) in [5.41, 5.74) is 6.06. The van der Waals surface area contributed by atoms with Gasteiger partial charge in [0, 0.05) is 11.3 Å². The molecular weight excluding hydrogens is 406 g/mol. The summed E-state index contributed by atoms with van der Waals surface area (Å²) in [5, 5.41) is 14.3. The molecule has 33 heavy (non-hydrogen) atoms. The smallest absolute Gasteiger partial charge is 0.204 e. The Morgan fingerprint density at radius 1 is 1.03 bits per heavy atom. The fourth-order valence-electron chi connectivity index (χ4n) is 3.58. The van der Waals surface area contributed by atoms with E-state index in [4.69, 9.17) is 4.99 Å². The van der Waals surface area contributed by atoms with E-state index in [2.05, 4.69) is 94.8 Å². The number of nitrogens with zero attached hydrogens (tertiary/aromatic N) is 4. The summed E-state index contributed by atoms with van der Waals surface area (Å²) in [7, 11) is 0. The van der Waals surface area contributed by atoms with E-state index < -0.39 is 0 Å². The van der Waals surface area contributed by atoms with Crippen LogP contribution in [0.4, 0.5) is 0 Å². The van der Waals surface area contributed by atoms with Crippen LogP contribution in [0.2, 0.25) is 0 Å². The Labute approximate surface area is 197 Å². The van der Waals surface area contributed by atoms with Crippen molar-refractivity contribution in [3.63, 3.8) is 0 Å². The zero-order valence-electron chi connectivity index (χ0n) is 19.6. The second kappa shape index (κ2) is 13.1. The van der Waals surface area contributed by atoms with Gasteiger partial charge >= 0.3 is 0 Å². The highest BCUT2D eigenvalue weighted by Crippen LogP contribution is 2.17. The number of hydrogen-bond donors (Lipinski definition) is 1. The maximum absolute atomic E-state index is 4.81. The third-order valence-electron chi connectivity index (χ3n) is 5.42. The van der Waals surface area contributed by atoms with Gasteiger partial charge in [0.25, 0.3) is 0 Å². The van der Waals surface area contributed by atoms with E-state index in [-0.39, 0.29) is 6.04 Å². The molecule has 1 heterocycles. The molecule has 0 aliphatic rings. The van der Waals surface area contributed by atoms with Gasteiger partial charge in [0.1, 0.15) is 0 Å². The van der Waals surface area contributed by atoms with Crippen molar-refractivity contribution in [2.75, 3.05) is 0 Å². The van der Waals surface area contributed by atoms with Gasteiger partial charge in [-0.2, -0.15) is 5.21 Å². The summed E-state index contributed by atoms with van der Waals surface area (Å²) < 4.78 is 0. The van der Waals surface area contributed by atoms with Gasteiger partial charge in [-0.3, -0.25) is 4.99 Å². The zero-order chi connectivity index (χ0) is 23.3. The van der Waals surface area contributed by atoms with Crippen LogP contribution in [0.25, 0.3) is 11.4 Å². The van der Waals surface area contributed by atoms with Crippen molar-refractivity contribution in [3.05, 3.63) is 102 Å². The van der Waals surface area contributed by atoms with Crippen molar-refractivity contribution >= 4 is 5.71 Å². The van der Waals surface area contributed by atoms with Crippen LogP contribution in [-0.2, 0) is 19.3 Å². The summed E-state index contributed by atoms with van der Waals surface area (Å²) >= 11 is 0. The number of rotatable bonds is 12. The first kappa shape index (κ1) is 24.1. The Hall–Kier alpha value is -3.60. The maximum Gasteiger partial charge on any atom is 0.204 e. The number of tetrazole rings is 1. The standard InChI is InChI=1S/C28H33N5/c1-4-6-7-8-15-27(29-22(3)5-2)19-18-24-12-9-11-23(20-24)16-17-25-13-10-14-26(21-25)28-30-32-33-31-28/h4-6,8-15,20-22H,2,7,16-19H2,1,3H3,(H,30,31,32,33)/b6-4-,15-8-,29-27?. The molecule has 0 spiro atoms. The molecule has 0 saturated heterocycles. The normalized spacial score (nSPS) is 13.1. The number of H-pyrrole nitrogens is 1. The highest BCUT2D eigenvalue weighted by Gasteiger charge is 2.05. The topological polar surface area (TPSA) is 66.8 Å². The van der Waals surface area contributed by atoms with Crippen molar-refractivity contribution in [3.8, 4) is 11.4 Å². The van der Waals surface area contributed by atoms with Crippen LogP contribution in [0.3, 0.4) is 0 Å². The van der Waals surface area contributed by atoms with Gasteiger partial charge in [-0.1, -0.05) is 66.8 Å². The van der Waals surface area contributed by atoms with E-state index in [1.807, 2.05) is 25.1 Å². The lowest BCUT2D eigenvalue weighted by molar-refractivity contribution is 0.881. The van der Waals surface area contributed by atoms with Gasteiger partial charge in [-0.05, 0) is 80.0 Å². The summed E-state index contributed by atoms with van der Waals surface area (Å²) in [6.07, 6.45) is 15.2. The number of allylic oxidation sites excluding steroid dienone is 4. The zero-order valence-corrected chi connectivity index (χ0v) is 19.6. The molecule has 1 aromatic heterocycles. The lowest BCUT2D eigenvalue weighted by Crippen LogP contribution is -2.03. The minimum absolute atomic E-state index is 0.126.